The summed E-state index contributed by atoms with van der Waals surface area (Å²) < 4.78 is 5.66. The Hall–Kier alpha value is -2.53. The van der Waals surface area contributed by atoms with E-state index in [1.54, 1.807) is 30.3 Å². The normalized spacial score (nSPS) is 10.3. The molecule has 21 heavy (non-hydrogen) atoms. The number of carboxylic acid groups (broad SMARTS) is 1. The number of aliphatic hydroxyl groups is 1. The lowest BCUT2D eigenvalue weighted by molar-refractivity contribution is 0.0694. The predicted molar refractivity (Wildman–Crippen MR) is 77.0 cm³/mol. The van der Waals surface area contributed by atoms with Crippen molar-refractivity contribution in [3.8, 4) is 17.2 Å². The summed E-state index contributed by atoms with van der Waals surface area (Å²) in [6.45, 7) is -0.000509. The van der Waals surface area contributed by atoms with Gasteiger partial charge in [-0.1, -0.05) is 18.2 Å². The molecule has 0 bridgehead atoms. The number of aliphatic hydroxyl groups excluding tert-OH is 1. The zero-order chi connectivity index (χ0) is 15.2. The molecular formula is C16H16O5. The Kier molecular flexibility index (Phi) is 4.79. The summed E-state index contributed by atoms with van der Waals surface area (Å²) in [5.41, 5.74) is 0.598. The topological polar surface area (TPSA) is 87.0 Å². The van der Waals surface area contributed by atoms with Crippen molar-refractivity contribution in [1.29, 1.82) is 0 Å². The number of aromatic hydroxyl groups is 1. The van der Waals surface area contributed by atoms with Gasteiger partial charge in [-0.25, -0.2) is 4.79 Å². The van der Waals surface area contributed by atoms with Gasteiger partial charge in [-0.2, -0.15) is 0 Å². The second-order valence-electron chi connectivity index (χ2n) is 4.48. The van der Waals surface area contributed by atoms with Gasteiger partial charge < -0.3 is 20.1 Å². The number of ether oxygens (including phenoxy) is 1. The second-order valence-corrected chi connectivity index (χ2v) is 4.48. The quantitative estimate of drug-likeness (QED) is 0.761. The monoisotopic (exact) mass is 288 g/mol. The number of carbonyl (C=O) groups is 1. The van der Waals surface area contributed by atoms with E-state index in [1.807, 2.05) is 0 Å². The third kappa shape index (κ3) is 3.52. The molecule has 0 radical (unpaired) electrons. The first kappa shape index (κ1) is 14.9. The van der Waals surface area contributed by atoms with Gasteiger partial charge in [-0.15, -0.1) is 0 Å². The molecule has 0 unspecified atom stereocenters. The van der Waals surface area contributed by atoms with Gasteiger partial charge in [0.2, 0.25) is 0 Å². The molecule has 2 rings (SSSR count). The van der Waals surface area contributed by atoms with Crippen molar-refractivity contribution in [2.75, 3.05) is 6.61 Å². The van der Waals surface area contributed by atoms with Crippen LogP contribution in [0.4, 0.5) is 0 Å². The maximum absolute atomic E-state index is 11.2. The lowest BCUT2D eigenvalue weighted by atomic mass is 10.1. The number of para-hydroxylation sites is 1. The molecule has 0 aliphatic rings. The minimum atomic E-state index is -1.08. The largest absolute Gasteiger partial charge is 0.508 e. The molecule has 0 aliphatic heterocycles. The molecule has 3 N–H and O–H groups in total. The zero-order valence-corrected chi connectivity index (χ0v) is 11.3. The van der Waals surface area contributed by atoms with Crippen molar-refractivity contribution in [2.45, 2.75) is 12.8 Å². The van der Waals surface area contributed by atoms with Gasteiger partial charge in [-0.3, -0.25) is 0 Å². The Morgan fingerprint density at radius 2 is 1.76 bits per heavy atom. The summed E-state index contributed by atoms with van der Waals surface area (Å²) in [5.74, 6) is -0.422. The highest BCUT2D eigenvalue weighted by Gasteiger charge is 2.14. The highest BCUT2D eigenvalue weighted by molar-refractivity contribution is 5.90. The first-order valence-corrected chi connectivity index (χ1v) is 6.55. The van der Waals surface area contributed by atoms with Gasteiger partial charge in [0.05, 0.1) is 0 Å². The third-order valence-corrected chi connectivity index (χ3v) is 3.03. The molecule has 110 valence electrons. The maximum Gasteiger partial charge on any atom is 0.339 e. The first-order chi connectivity index (χ1) is 10.1. The summed E-state index contributed by atoms with van der Waals surface area (Å²) >= 11 is 0. The molecule has 0 amide bonds. The number of phenols is 1. The average Bonchev–Trinajstić information content (AvgIpc) is 2.47. The van der Waals surface area contributed by atoms with Crippen LogP contribution < -0.4 is 4.74 Å². The van der Waals surface area contributed by atoms with Gasteiger partial charge >= 0.3 is 5.97 Å². The van der Waals surface area contributed by atoms with Crippen LogP contribution in [0.25, 0.3) is 0 Å². The summed E-state index contributed by atoms with van der Waals surface area (Å²) in [6, 6.07) is 11.1. The van der Waals surface area contributed by atoms with E-state index < -0.39 is 5.97 Å². The Morgan fingerprint density at radius 1 is 1.05 bits per heavy atom. The molecule has 2 aromatic rings. The molecule has 5 heteroatoms. The number of hydrogen-bond acceptors (Lipinski definition) is 4. The zero-order valence-electron chi connectivity index (χ0n) is 11.3. The highest BCUT2D eigenvalue weighted by atomic mass is 16.5. The van der Waals surface area contributed by atoms with Gasteiger partial charge in [0.25, 0.3) is 0 Å². The molecule has 0 fully saturated rings. The molecule has 0 saturated heterocycles. The van der Waals surface area contributed by atoms with E-state index in [2.05, 4.69) is 0 Å². The van der Waals surface area contributed by atoms with Crippen LogP contribution in [0.1, 0.15) is 22.3 Å². The van der Waals surface area contributed by atoms with E-state index in [-0.39, 0.29) is 23.7 Å². The molecule has 0 heterocycles. The van der Waals surface area contributed by atoms with Gasteiger partial charge in [0.15, 0.2) is 0 Å². The van der Waals surface area contributed by atoms with Crippen LogP contribution >= 0.6 is 0 Å². The molecule has 0 aliphatic carbocycles. The van der Waals surface area contributed by atoms with Crippen molar-refractivity contribution in [1.82, 2.24) is 0 Å². The molecule has 0 spiro atoms. The van der Waals surface area contributed by atoms with E-state index in [0.29, 0.717) is 24.2 Å². The van der Waals surface area contributed by atoms with Crippen LogP contribution in [0, 0.1) is 0 Å². The minimum absolute atomic E-state index is 0.000509. The average molecular weight is 288 g/mol. The van der Waals surface area contributed by atoms with Gasteiger partial charge in [-0.05, 0) is 37.1 Å². The second kappa shape index (κ2) is 6.76. The molecule has 2 aromatic carbocycles. The molecule has 0 saturated carbocycles. The summed E-state index contributed by atoms with van der Waals surface area (Å²) in [6.07, 6.45) is 0.919. The van der Waals surface area contributed by atoms with Crippen LogP contribution in [0.15, 0.2) is 42.5 Å². The molecular weight excluding hydrogens is 272 g/mol. The van der Waals surface area contributed by atoms with Crippen LogP contribution in [0.5, 0.6) is 17.2 Å². The summed E-state index contributed by atoms with van der Waals surface area (Å²) in [4.78, 5) is 11.2. The van der Waals surface area contributed by atoms with Gasteiger partial charge in [0, 0.05) is 12.2 Å². The van der Waals surface area contributed by atoms with Crippen molar-refractivity contribution in [2.24, 2.45) is 0 Å². The molecule has 0 aromatic heterocycles. The number of phenolic OH excluding ortho intramolecular Hbond substituents is 1. The van der Waals surface area contributed by atoms with Crippen molar-refractivity contribution < 1.29 is 24.9 Å². The highest BCUT2D eigenvalue weighted by Crippen LogP contribution is 2.33. The number of rotatable bonds is 6. The Morgan fingerprint density at radius 3 is 2.48 bits per heavy atom. The smallest absolute Gasteiger partial charge is 0.339 e. The minimum Gasteiger partial charge on any atom is -0.508 e. The predicted octanol–water partition coefficient (Wildman–Crippen LogP) is 2.81. The van der Waals surface area contributed by atoms with E-state index in [1.165, 1.54) is 12.1 Å². The fraction of sp³-hybridized carbons (Fsp3) is 0.188. The fourth-order valence-electron chi connectivity index (χ4n) is 2.01. The van der Waals surface area contributed by atoms with Gasteiger partial charge in [0.1, 0.15) is 22.8 Å². The Balaban J connectivity index is 2.36. The number of aromatic carboxylic acids is 1. The Labute approximate surface area is 122 Å². The fourth-order valence-corrected chi connectivity index (χ4v) is 2.01. The van der Waals surface area contributed by atoms with Crippen molar-refractivity contribution in [3.63, 3.8) is 0 Å². The van der Waals surface area contributed by atoms with Crippen LogP contribution in [-0.2, 0) is 6.42 Å². The first-order valence-electron chi connectivity index (χ1n) is 6.55. The van der Waals surface area contributed by atoms with Crippen LogP contribution in [0.3, 0.4) is 0 Å². The van der Waals surface area contributed by atoms with Crippen LogP contribution in [0.2, 0.25) is 0 Å². The lowest BCUT2D eigenvalue weighted by Crippen LogP contribution is -2.01. The van der Waals surface area contributed by atoms with E-state index in [4.69, 9.17) is 14.9 Å². The number of carboxylic acids is 1. The maximum atomic E-state index is 11.2. The summed E-state index contributed by atoms with van der Waals surface area (Å²) in [5, 5.41) is 28.0. The van der Waals surface area contributed by atoms with Crippen LogP contribution in [-0.4, -0.2) is 27.9 Å². The third-order valence-electron chi connectivity index (χ3n) is 3.03. The Bertz CT molecular complexity index is 636. The molecule has 5 nitrogen and oxygen atoms in total. The number of benzene rings is 2. The standard InChI is InChI=1S/C16H16O5/c17-10-4-6-11-13(18)7-3-9-14(11)21-15-8-2-1-5-12(15)16(19)20/h1-3,5,7-9,17-18H,4,6,10H2,(H,19,20). The van der Waals surface area contributed by atoms with Crippen molar-refractivity contribution in [3.05, 3.63) is 53.6 Å². The van der Waals surface area contributed by atoms with E-state index in [0.717, 1.165) is 0 Å². The molecule has 0 atom stereocenters. The van der Waals surface area contributed by atoms with E-state index in [9.17, 15) is 9.90 Å². The summed E-state index contributed by atoms with van der Waals surface area (Å²) in [7, 11) is 0. The SMILES string of the molecule is O=C(O)c1ccccc1Oc1cccc(O)c1CCCO. The van der Waals surface area contributed by atoms with E-state index >= 15 is 0 Å². The lowest BCUT2D eigenvalue weighted by Gasteiger charge is -2.13. The van der Waals surface area contributed by atoms with Crippen molar-refractivity contribution >= 4 is 5.97 Å². The number of hydrogen-bond donors (Lipinski definition) is 3.